The lowest BCUT2D eigenvalue weighted by Gasteiger charge is -2.38. The number of nitrogens with zero attached hydrogens (tertiary/aromatic N) is 3. The Hall–Kier alpha value is -0.940. The normalized spacial score (nSPS) is 21.2. The standard InChI is InChI=1S/C14H26N4O/c1-11(2)18-9-4-3-6-12(18)10-14-16-13(17-19-14)7-5-8-15/h11-12H,3-10,15H2,1-2H3. The summed E-state index contributed by atoms with van der Waals surface area (Å²) < 4.78 is 5.36. The van der Waals surface area contributed by atoms with Gasteiger partial charge in [0.25, 0.3) is 0 Å². The first-order valence-electron chi connectivity index (χ1n) is 7.48. The summed E-state index contributed by atoms with van der Waals surface area (Å²) in [6.07, 6.45) is 6.47. The van der Waals surface area contributed by atoms with E-state index in [0.717, 1.165) is 31.0 Å². The molecule has 1 aromatic rings. The molecule has 0 amide bonds. The number of aryl methyl sites for hydroxylation is 1. The van der Waals surface area contributed by atoms with Crippen LogP contribution in [0.2, 0.25) is 0 Å². The number of nitrogens with two attached hydrogens (primary N) is 1. The summed E-state index contributed by atoms with van der Waals surface area (Å²) in [5.74, 6) is 1.58. The van der Waals surface area contributed by atoms with Crippen molar-refractivity contribution in [3.05, 3.63) is 11.7 Å². The number of hydrogen-bond donors (Lipinski definition) is 1. The summed E-state index contributed by atoms with van der Waals surface area (Å²) in [6, 6.07) is 1.14. The lowest BCUT2D eigenvalue weighted by Crippen LogP contribution is -2.45. The van der Waals surface area contributed by atoms with Gasteiger partial charge in [0.1, 0.15) is 0 Å². The van der Waals surface area contributed by atoms with E-state index in [4.69, 9.17) is 10.3 Å². The molecule has 2 rings (SSSR count). The van der Waals surface area contributed by atoms with Gasteiger partial charge in [-0.3, -0.25) is 4.90 Å². The van der Waals surface area contributed by atoms with E-state index in [1.807, 2.05) is 0 Å². The Labute approximate surface area is 115 Å². The molecule has 19 heavy (non-hydrogen) atoms. The highest BCUT2D eigenvalue weighted by atomic mass is 16.5. The summed E-state index contributed by atoms with van der Waals surface area (Å²) in [7, 11) is 0. The first-order chi connectivity index (χ1) is 9.20. The number of aromatic nitrogens is 2. The largest absolute Gasteiger partial charge is 0.339 e. The molecule has 1 aromatic heterocycles. The molecule has 1 fully saturated rings. The first kappa shape index (κ1) is 14.5. The van der Waals surface area contributed by atoms with Crippen molar-refractivity contribution in [3.8, 4) is 0 Å². The van der Waals surface area contributed by atoms with E-state index in [-0.39, 0.29) is 0 Å². The maximum Gasteiger partial charge on any atom is 0.228 e. The topological polar surface area (TPSA) is 68.2 Å². The van der Waals surface area contributed by atoms with Crippen molar-refractivity contribution in [2.75, 3.05) is 13.1 Å². The maximum absolute atomic E-state index is 5.49. The Morgan fingerprint density at radius 2 is 2.26 bits per heavy atom. The monoisotopic (exact) mass is 266 g/mol. The Morgan fingerprint density at radius 1 is 1.42 bits per heavy atom. The van der Waals surface area contributed by atoms with Crippen LogP contribution < -0.4 is 5.73 Å². The van der Waals surface area contributed by atoms with Crippen molar-refractivity contribution < 1.29 is 4.52 Å². The van der Waals surface area contributed by atoms with Crippen LogP contribution in [-0.4, -0.2) is 40.2 Å². The van der Waals surface area contributed by atoms with Gasteiger partial charge in [0, 0.05) is 24.9 Å². The number of hydrogen-bond acceptors (Lipinski definition) is 5. The molecule has 0 saturated carbocycles. The van der Waals surface area contributed by atoms with Crippen LogP contribution in [-0.2, 0) is 12.8 Å². The van der Waals surface area contributed by atoms with Gasteiger partial charge in [0.05, 0.1) is 0 Å². The molecule has 0 aliphatic carbocycles. The zero-order chi connectivity index (χ0) is 13.7. The first-order valence-corrected chi connectivity index (χ1v) is 7.48. The smallest absolute Gasteiger partial charge is 0.228 e. The van der Waals surface area contributed by atoms with Gasteiger partial charge in [-0.05, 0) is 46.2 Å². The van der Waals surface area contributed by atoms with Gasteiger partial charge < -0.3 is 10.3 Å². The molecule has 0 aromatic carbocycles. The Morgan fingerprint density at radius 3 is 3.00 bits per heavy atom. The molecular weight excluding hydrogens is 240 g/mol. The Bertz CT molecular complexity index is 377. The summed E-state index contributed by atoms with van der Waals surface area (Å²) >= 11 is 0. The van der Waals surface area contributed by atoms with Crippen LogP contribution in [0.3, 0.4) is 0 Å². The summed E-state index contributed by atoms with van der Waals surface area (Å²) in [6.45, 7) is 6.39. The van der Waals surface area contributed by atoms with Gasteiger partial charge in [0.2, 0.25) is 5.89 Å². The highest BCUT2D eigenvalue weighted by molar-refractivity contribution is 4.92. The molecule has 0 bridgehead atoms. The van der Waals surface area contributed by atoms with Gasteiger partial charge in [0.15, 0.2) is 5.82 Å². The second-order valence-corrected chi connectivity index (χ2v) is 5.68. The molecule has 1 unspecified atom stereocenters. The fourth-order valence-corrected chi connectivity index (χ4v) is 2.86. The lowest BCUT2D eigenvalue weighted by atomic mass is 9.98. The number of likely N-dealkylation sites (tertiary alicyclic amines) is 1. The second kappa shape index (κ2) is 7.01. The van der Waals surface area contributed by atoms with E-state index in [0.29, 0.717) is 18.6 Å². The summed E-state index contributed by atoms with van der Waals surface area (Å²) in [4.78, 5) is 7.04. The van der Waals surface area contributed by atoms with Gasteiger partial charge in [-0.15, -0.1) is 0 Å². The highest BCUT2D eigenvalue weighted by Gasteiger charge is 2.26. The van der Waals surface area contributed by atoms with E-state index in [1.54, 1.807) is 0 Å². The predicted molar refractivity (Wildman–Crippen MR) is 74.9 cm³/mol. The average molecular weight is 266 g/mol. The van der Waals surface area contributed by atoms with Gasteiger partial charge >= 0.3 is 0 Å². The SMILES string of the molecule is CC(C)N1CCCCC1Cc1nc(CCCN)no1. The second-order valence-electron chi connectivity index (χ2n) is 5.68. The van der Waals surface area contributed by atoms with Crippen LogP contribution in [0.1, 0.15) is 51.2 Å². The third kappa shape index (κ3) is 4.01. The zero-order valence-electron chi connectivity index (χ0n) is 12.1. The minimum atomic E-state index is 0.552. The van der Waals surface area contributed by atoms with Crippen LogP contribution in [0.4, 0.5) is 0 Å². The van der Waals surface area contributed by atoms with Crippen molar-refractivity contribution >= 4 is 0 Å². The van der Waals surface area contributed by atoms with E-state index in [1.165, 1.54) is 25.8 Å². The molecule has 2 heterocycles. The van der Waals surface area contributed by atoms with E-state index >= 15 is 0 Å². The van der Waals surface area contributed by atoms with E-state index in [2.05, 4.69) is 28.9 Å². The maximum atomic E-state index is 5.49. The molecule has 108 valence electrons. The average Bonchev–Trinajstić information content (AvgIpc) is 2.84. The van der Waals surface area contributed by atoms with Crippen LogP contribution in [0.5, 0.6) is 0 Å². The van der Waals surface area contributed by atoms with Crippen molar-refractivity contribution in [3.63, 3.8) is 0 Å². The fraction of sp³-hybridized carbons (Fsp3) is 0.857. The van der Waals surface area contributed by atoms with Crippen LogP contribution in [0.15, 0.2) is 4.52 Å². The molecule has 5 nitrogen and oxygen atoms in total. The third-order valence-electron chi connectivity index (χ3n) is 3.86. The Kier molecular flexibility index (Phi) is 5.34. The Balaban J connectivity index is 1.93. The van der Waals surface area contributed by atoms with Crippen LogP contribution >= 0.6 is 0 Å². The lowest BCUT2D eigenvalue weighted by molar-refractivity contribution is 0.105. The minimum absolute atomic E-state index is 0.552. The van der Waals surface area contributed by atoms with Gasteiger partial charge in [-0.2, -0.15) is 4.98 Å². The molecule has 1 atom stereocenters. The molecule has 0 radical (unpaired) electrons. The van der Waals surface area contributed by atoms with Gasteiger partial charge in [-0.25, -0.2) is 0 Å². The van der Waals surface area contributed by atoms with Crippen molar-refractivity contribution in [1.29, 1.82) is 0 Å². The minimum Gasteiger partial charge on any atom is -0.339 e. The van der Waals surface area contributed by atoms with Crippen molar-refractivity contribution in [1.82, 2.24) is 15.0 Å². The fourth-order valence-electron chi connectivity index (χ4n) is 2.86. The summed E-state index contributed by atoms with van der Waals surface area (Å²) in [5, 5.41) is 4.03. The van der Waals surface area contributed by atoms with Crippen LogP contribution in [0.25, 0.3) is 0 Å². The molecule has 1 aliphatic heterocycles. The number of piperidine rings is 1. The van der Waals surface area contributed by atoms with E-state index < -0.39 is 0 Å². The predicted octanol–water partition coefficient (Wildman–Crippen LogP) is 1.77. The summed E-state index contributed by atoms with van der Waals surface area (Å²) in [5.41, 5.74) is 5.49. The van der Waals surface area contributed by atoms with Gasteiger partial charge in [-0.1, -0.05) is 11.6 Å². The zero-order valence-corrected chi connectivity index (χ0v) is 12.1. The number of rotatable bonds is 6. The quantitative estimate of drug-likeness (QED) is 0.850. The molecule has 0 spiro atoms. The van der Waals surface area contributed by atoms with Crippen LogP contribution in [0, 0.1) is 0 Å². The van der Waals surface area contributed by atoms with Crippen molar-refractivity contribution in [2.45, 2.75) is 64.5 Å². The highest BCUT2D eigenvalue weighted by Crippen LogP contribution is 2.22. The van der Waals surface area contributed by atoms with E-state index in [9.17, 15) is 0 Å². The molecule has 1 saturated heterocycles. The molecule has 1 aliphatic rings. The third-order valence-corrected chi connectivity index (χ3v) is 3.86. The van der Waals surface area contributed by atoms with Crippen molar-refractivity contribution in [2.24, 2.45) is 5.73 Å². The molecular formula is C14H26N4O. The molecule has 2 N–H and O–H groups in total. The molecule has 5 heteroatoms.